The largest absolute Gasteiger partial charge is 0.480 e. The fourth-order valence-corrected chi connectivity index (χ4v) is 6.43. The highest BCUT2D eigenvalue weighted by atomic mass is 32.2. The number of benzene rings is 4. The van der Waals surface area contributed by atoms with Crippen LogP contribution >= 0.6 is 24.4 Å². The maximum Gasteiger partial charge on any atom is 0.327 e. The van der Waals surface area contributed by atoms with Gasteiger partial charge in [0.2, 0.25) is 5.91 Å². The van der Waals surface area contributed by atoms with Gasteiger partial charge in [0.05, 0.1) is 10.7 Å². The third-order valence-electron chi connectivity index (χ3n) is 6.54. The van der Waals surface area contributed by atoms with E-state index in [9.17, 15) is 14.7 Å². The zero-order valence-corrected chi connectivity index (χ0v) is 22.7. The molecule has 0 bridgehead atoms. The Labute approximate surface area is 233 Å². The van der Waals surface area contributed by atoms with Gasteiger partial charge in [0, 0.05) is 11.5 Å². The molecule has 1 amide bonds. The average Bonchev–Trinajstić information content (AvgIpc) is 2.97. The minimum atomic E-state index is -1.07. The van der Waals surface area contributed by atoms with E-state index in [0.717, 1.165) is 22.3 Å². The fourth-order valence-electron chi connectivity index (χ4n) is 4.58. The number of aliphatic carboxylic acids is 1. The van der Waals surface area contributed by atoms with E-state index in [1.54, 1.807) is 0 Å². The van der Waals surface area contributed by atoms with Gasteiger partial charge in [-0.1, -0.05) is 121 Å². The Morgan fingerprint density at radius 1 is 0.737 bits per heavy atom. The third-order valence-corrected chi connectivity index (χ3v) is 8.62. The van der Waals surface area contributed by atoms with E-state index < -0.39 is 22.7 Å². The Morgan fingerprint density at radius 2 is 1.16 bits per heavy atom. The lowest BCUT2D eigenvalue weighted by Gasteiger charge is -2.36. The highest BCUT2D eigenvalue weighted by Gasteiger charge is 2.38. The van der Waals surface area contributed by atoms with Gasteiger partial charge in [-0.05, 0) is 28.7 Å². The summed E-state index contributed by atoms with van der Waals surface area (Å²) in [7, 11) is 0. The molecule has 0 aliphatic rings. The highest BCUT2D eigenvalue weighted by Crippen LogP contribution is 2.48. The van der Waals surface area contributed by atoms with Gasteiger partial charge in [-0.25, -0.2) is 4.79 Å². The molecular weight excluding hydrogens is 510 g/mol. The number of carboxylic acid groups (broad SMARTS) is 1. The standard InChI is InChI=1S/C32H31NO3S2/c34-30(25(22-37)21-24-13-5-1-6-14-24)33-29(31(35)36)23-38-32(26-15-7-2-8-16-26,27-17-9-3-10-18-27)28-19-11-4-12-20-28/h1-20,25,29,37H,21-23H2,(H,33,34)(H,35,36)/t25-,29+/m0/s1. The number of carbonyl (C=O) groups excluding carboxylic acids is 1. The van der Waals surface area contributed by atoms with Gasteiger partial charge in [-0.15, -0.1) is 11.8 Å². The molecule has 6 heteroatoms. The molecule has 0 aromatic heterocycles. The zero-order chi connectivity index (χ0) is 26.8. The van der Waals surface area contributed by atoms with Gasteiger partial charge in [0.15, 0.2) is 0 Å². The SMILES string of the molecule is O=C(N[C@H](CSC(c1ccccc1)(c1ccccc1)c1ccccc1)C(=O)O)[C@H](CS)Cc1ccccc1. The molecule has 4 aromatic rings. The zero-order valence-electron chi connectivity index (χ0n) is 20.9. The molecule has 4 rings (SSSR count). The first kappa shape index (κ1) is 27.6. The first-order valence-electron chi connectivity index (χ1n) is 12.5. The predicted octanol–water partition coefficient (Wildman–Crippen LogP) is 6.07. The minimum absolute atomic E-state index is 0.171. The molecule has 0 unspecified atom stereocenters. The van der Waals surface area contributed by atoms with Gasteiger partial charge in [0.25, 0.3) is 0 Å². The molecule has 194 valence electrons. The van der Waals surface area contributed by atoms with Crippen LogP contribution in [0.2, 0.25) is 0 Å². The number of thioether (sulfide) groups is 1. The summed E-state index contributed by atoms with van der Waals surface area (Å²) in [4.78, 5) is 25.6. The first-order chi connectivity index (χ1) is 18.5. The average molecular weight is 542 g/mol. The lowest BCUT2D eigenvalue weighted by Crippen LogP contribution is -2.46. The van der Waals surface area contributed by atoms with Crippen LogP contribution in [-0.4, -0.2) is 34.5 Å². The van der Waals surface area contributed by atoms with Crippen LogP contribution in [0.1, 0.15) is 22.3 Å². The van der Waals surface area contributed by atoms with Crippen LogP contribution in [0.4, 0.5) is 0 Å². The third kappa shape index (κ3) is 6.50. The molecular formula is C32H31NO3S2. The van der Waals surface area contributed by atoms with Crippen molar-refractivity contribution >= 4 is 36.3 Å². The van der Waals surface area contributed by atoms with E-state index >= 15 is 0 Å². The summed E-state index contributed by atoms with van der Waals surface area (Å²) in [5.41, 5.74) is 4.12. The fraction of sp³-hybridized carbons (Fsp3) is 0.188. The van der Waals surface area contributed by atoms with Gasteiger partial charge < -0.3 is 10.4 Å². The molecule has 2 N–H and O–H groups in total. The number of hydrogen-bond acceptors (Lipinski definition) is 4. The normalized spacial score (nSPS) is 12.9. The smallest absolute Gasteiger partial charge is 0.327 e. The van der Waals surface area contributed by atoms with E-state index in [2.05, 4.69) is 54.3 Å². The van der Waals surface area contributed by atoms with Crippen LogP contribution in [0.5, 0.6) is 0 Å². The Morgan fingerprint density at radius 3 is 1.55 bits per heavy atom. The monoisotopic (exact) mass is 541 g/mol. The van der Waals surface area contributed by atoms with E-state index in [-0.39, 0.29) is 11.7 Å². The highest BCUT2D eigenvalue weighted by molar-refractivity contribution is 8.00. The van der Waals surface area contributed by atoms with Gasteiger partial charge in [-0.3, -0.25) is 4.79 Å². The van der Waals surface area contributed by atoms with E-state index in [0.29, 0.717) is 12.2 Å². The molecule has 0 radical (unpaired) electrons. The molecule has 4 nitrogen and oxygen atoms in total. The molecule has 0 aliphatic carbocycles. The van der Waals surface area contributed by atoms with E-state index in [1.165, 1.54) is 11.8 Å². The maximum atomic E-state index is 13.2. The molecule has 0 aliphatic heterocycles. The van der Waals surface area contributed by atoms with Crippen molar-refractivity contribution in [1.82, 2.24) is 5.32 Å². The second-order valence-electron chi connectivity index (χ2n) is 9.06. The van der Waals surface area contributed by atoms with Crippen molar-refractivity contribution in [2.24, 2.45) is 5.92 Å². The number of rotatable bonds is 12. The predicted molar refractivity (Wildman–Crippen MR) is 159 cm³/mol. The Bertz CT molecular complexity index is 1210. The Kier molecular flexibility index (Phi) is 9.68. The van der Waals surface area contributed by atoms with Crippen LogP contribution in [0.25, 0.3) is 0 Å². The van der Waals surface area contributed by atoms with Crippen LogP contribution in [0.3, 0.4) is 0 Å². The van der Waals surface area contributed by atoms with Crippen molar-refractivity contribution < 1.29 is 14.7 Å². The van der Waals surface area contributed by atoms with E-state index in [4.69, 9.17) is 0 Å². The molecule has 0 fully saturated rings. The van der Waals surface area contributed by atoms with Gasteiger partial charge in [0.1, 0.15) is 6.04 Å². The van der Waals surface area contributed by atoms with Gasteiger partial charge in [-0.2, -0.15) is 12.6 Å². The molecule has 4 aromatic carbocycles. The number of amides is 1. The Hall–Kier alpha value is -3.48. The number of hydrogen-bond donors (Lipinski definition) is 3. The van der Waals surface area contributed by atoms with Crippen molar-refractivity contribution in [2.45, 2.75) is 17.2 Å². The number of carboxylic acids is 1. The summed E-state index contributed by atoms with van der Waals surface area (Å²) in [6.45, 7) is 0. The lowest BCUT2D eigenvalue weighted by atomic mass is 9.84. The van der Waals surface area contributed by atoms with Crippen LogP contribution < -0.4 is 5.32 Å². The van der Waals surface area contributed by atoms with Crippen LogP contribution in [-0.2, 0) is 20.8 Å². The quantitative estimate of drug-likeness (QED) is 0.150. The van der Waals surface area contributed by atoms with Gasteiger partial charge >= 0.3 is 5.97 Å². The van der Waals surface area contributed by atoms with Crippen molar-refractivity contribution in [2.75, 3.05) is 11.5 Å². The molecule has 2 atom stereocenters. The molecule has 0 saturated heterocycles. The van der Waals surface area contributed by atoms with Crippen LogP contribution in [0.15, 0.2) is 121 Å². The summed E-state index contributed by atoms with van der Waals surface area (Å²) >= 11 is 5.90. The minimum Gasteiger partial charge on any atom is -0.480 e. The van der Waals surface area contributed by atoms with Crippen molar-refractivity contribution in [3.05, 3.63) is 144 Å². The number of carbonyl (C=O) groups is 2. The topological polar surface area (TPSA) is 66.4 Å². The lowest BCUT2D eigenvalue weighted by molar-refractivity contribution is -0.141. The number of thiol groups is 1. The van der Waals surface area contributed by atoms with E-state index in [1.807, 2.05) is 84.9 Å². The second kappa shape index (κ2) is 13.4. The summed E-state index contributed by atoms with van der Waals surface area (Å²) in [6, 6.07) is 38.9. The molecule has 0 heterocycles. The molecule has 38 heavy (non-hydrogen) atoms. The summed E-state index contributed by atoms with van der Waals surface area (Å²) in [6.07, 6.45) is 0.498. The Balaban J connectivity index is 1.64. The van der Waals surface area contributed by atoms with Crippen LogP contribution in [0, 0.1) is 5.92 Å². The maximum absolute atomic E-state index is 13.2. The summed E-state index contributed by atoms with van der Waals surface area (Å²) in [5.74, 6) is -1.31. The molecule has 0 saturated carbocycles. The molecule has 0 spiro atoms. The van der Waals surface area contributed by atoms with Crippen molar-refractivity contribution in [3.63, 3.8) is 0 Å². The summed E-state index contributed by atoms with van der Waals surface area (Å²) in [5, 5.41) is 12.9. The summed E-state index contributed by atoms with van der Waals surface area (Å²) < 4.78 is -0.671. The van der Waals surface area contributed by atoms with Crippen molar-refractivity contribution in [3.8, 4) is 0 Å². The first-order valence-corrected chi connectivity index (χ1v) is 14.1. The number of nitrogens with one attached hydrogen (secondary N) is 1. The second-order valence-corrected chi connectivity index (χ2v) is 10.7. The van der Waals surface area contributed by atoms with Crippen molar-refractivity contribution in [1.29, 1.82) is 0 Å².